The number of rotatable bonds is 7. The van der Waals surface area contributed by atoms with Crippen molar-refractivity contribution in [2.24, 2.45) is 0 Å². The number of benzene rings is 1. The number of hydrogen-bond acceptors (Lipinski definition) is 9. The van der Waals surface area contributed by atoms with E-state index in [-0.39, 0.29) is 53.0 Å². The van der Waals surface area contributed by atoms with Crippen LogP contribution < -0.4 is 9.47 Å². The zero-order valence-corrected chi connectivity index (χ0v) is 21.5. The number of fused-ring (bicyclic) bond motifs is 2. The highest BCUT2D eigenvalue weighted by atomic mass is 35.5. The molecule has 14 heteroatoms. The Kier molecular flexibility index (Phi) is 7.02. The number of aliphatic hydroxyl groups excluding tert-OH is 1. The molecule has 2 unspecified atom stereocenters. The minimum Gasteiger partial charge on any atom is -0.471 e. The van der Waals surface area contributed by atoms with Crippen LogP contribution in [0, 0.1) is 11.6 Å². The summed E-state index contributed by atoms with van der Waals surface area (Å²) < 4.78 is 57.4. The topological polar surface area (TPSA) is 128 Å². The Hall–Kier alpha value is -3.10. The van der Waals surface area contributed by atoms with E-state index in [1.165, 1.54) is 11.0 Å². The van der Waals surface area contributed by atoms with Gasteiger partial charge in [-0.15, -0.1) is 0 Å². The fraction of sp³-hybridized carbons (Fsp3) is 0.480. The molecule has 2 aromatic heterocycles. The summed E-state index contributed by atoms with van der Waals surface area (Å²) in [7, 11) is 1.56. The first-order valence-electron chi connectivity index (χ1n) is 12.4. The molecule has 0 aliphatic carbocycles. The summed E-state index contributed by atoms with van der Waals surface area (Å²) >= 11 is 6.29. The van der Waals surface area contributed by atoms with E-state index in [4.69, 9.17) is 35.3 Å². The fourth-order valence-electron chi connectivity index (χ4n) is 5.02. The summed E-state index contributed by atoms with van der Waals surface area (Å²) in [4.78, 5) is 25.7. The van der Waals surface area contributed by atoms with Crippen molar-refractivity contribution in [2.45, 2.75) is 43.5 Å². The standard InChI is InChI=1S/C25H25ClF2N4O7/c1-35-12-2-3-32(7-12)24(34)11-4-15(27)13(16(28)5-11)8-38-23-14(26)6-17-22(30-23)31-25(29-17)39-19-10-37-20-18(33)9-36-21(19)20/h4-6,12,18-21,33H,2-3,7-10H2,1H3,(H,29,30,31)/t12?,18-,19-,20?,21-/m1/s1. The third-order valence-electron chi connectivity index (χ3n) is 7.12. The van der Waals surface area contributed by atoms with Gasteiger partial charge in [-0.05, 0) is 24.6 Å². The molecule has 39 heavy (non-hydrogen) atoms. The summed E-state index contributed by atoms with van der Waals surface area (Å²) in [6.45, 7) is 0.683. The van der Waals surface area contributed by atoms with E-state index in [1.807, 2.05) is 0 Å². The predicted molar refractivity (Wildman–Crippen MR) is 131 cm³/mol. The Morgan fingerprint density at radius 3 is 2.72 bits per heavy atom. The molecule has 208 valence electrons. The van der Waals surface area contributed by atoms with Crippen molar-refractivity contribution >= 4 is 28.7 Å². The highest BCUT2D eigenvalue weighted by molar-refractivity contribution is 6.32. The number of aliphatic hydroxyl groups is 1. The molecule has 0 saturated carbocycles. The number of nitrogens with one attached hydrogen (secondary N) is 1. The lowest BCUT2D eigenvalue weighted by Crippen LogP contribution is -2.34. The van der Waals surface area contributed by atoms with Crippen LogP contribution in [0.1, 0.15) is 22.3 Å². The van der Waals surface area contributed by atoms with Gasteiger partial charge in [0.05, 0.1) is 30.4 Å². The van der Waals surface area contributed by atoms with E-state index in [0.29, 0.717) is 25.0 Å². The predicted octanol–water partition coefficient (Wildman–Crippen LogP) is 2.24. The van der Waals surface area contributed by atoms with Crippen molar-refractivity contribution in [3.8, 4) is 11.9 Å². The number of carbonyl (C=O) groups excluding carboxylic acids is 1. The number of hydrogen-bond donors (Lipinski definition) is 2. The Labute approximate surface area is 225 Å². The second kappa shape index (κ2) is 10.5. The van der Waals surface area contributed by atoms with Gasteiger partial charge in [0.2, 0.25) is 5.88 Å². The van der Waals surface area contributed by atoms with Gasteiger partial charge in [-0.25, -0.2) is 8.78 Å². The lowest BCUT2D eigenvalue weighted by atomic mass is 10.1. The van der Waals surface area contributed by atoms with E-state index in [1.54, 1.807) is 7.11 Å². The second-order valence-corrected chi connectivity index (χ2v) is 10.0. The second-order valence-electron chi connectivity index (χ2n) is 9.61. The van der Waals surface area contributed by atoms with E-state index in [9.17, 15) is 18.7 Å². The first kappa shape index (κ1) is 26.1. The number of aromatic nitrogens is 3. The Bertz CT molecular complexity index is 1390. The van der Waals surface area contributed by atoms with Crippen molar-refractivity contribution in [2.75, 3.05) is 33.4 Å². The Balaban J connectivity index is 1.14. The number of H-pyrrole nitrogens is 1. The molecule has 0 spiro atoms. The van der Waals surface area contributed by atoms with Crippen LogP contribution in [-0.4, -0.2) is 94.8 Å². The van der Waals surface area contributed by atoms with Crippen LogP contribution in [0.4, 0.5) is 8.78 Å². The van der Waals surface area contributed by atoms with Crippen LogP contribution in [0.15, 0.2) is 18.2 Å². The van der Waals surface area contributed by atoms with Gasteiger partial charge in [-0.1, -0.05) is 11.6 Å². The molecule has 0 radical (unpaired) electrons. The molecular formula is C25H25ClF2N4O7. The number of pyridine rings is 1. The first-order valence-corrected chi connectivity index (χ1v) is 12.8. The van der Waals surface area contributed by atoms with Crippen LogP contribution in [0.25, 0.3) is 11.2 Å². The van der Waals surface area contributed by atoms with E-state index in [2.05, 4.69) is 15.0 Å². The summed E-state index contributed by atoms with van der Waals surface area (Å²) in [6.07, 6.45) is -1.50. The molecular weight excluding hydrogens is 542 g/mol. The molecule has 3 aliphatic rings. The van der Waals surface area contributed by atoms with Gasteiger partial charge in [0.15, 0.2) is 11.8 Å². The van der Waals surface area contributed by atoms with Crippen LogP contribution >= 0.6 is 11.6 Å². The summed E-state index contributed by atoms with van der Waals surface area (Å²) in [6, 6.07) is 3.62. The zero-order valence-electron chi connectivity index (χ0n) is 20.7. The Morgan fingerprint density at radius 2 is 1.97 bits per heavy atom. The molecule has 3 fully saturated rings. The normalized spacial score (nSPS) is 26.4. The lowest BCUT2D eigenvalue weighted by Gasteiger charge is -2.17. The minimum absolute atomic E-state index is 0.0820. The zero-order chi connectivity index (χ0) is 27.3. The third-order valence-corrected chi connectivity index (χ3v) is 7.40. The minimum atomic E-state index is -0.926. The van der Waals surface area contributed by atoms with Crippen LogP contribution in [-0.2, 0) is 20.8 Å². The quantitative estimate of drug-likeness (QED) is 0.442. The molecule has 3 aromatic rings. The number of likely N-dealkylation sites (tertiary alicyclic amines) is 1. The van der Waals surface area contributed by atoms with Crippen LogP contribution in [0.2, 0.25) is 5.02 Å². The number of carbonyl (C=O) groups is 1. The monoisotopic (exact) mass is 566 g/mol. The molecule has 5 heterocycles. The Morgan fingerprint density at radius 1 is 1.21 bits per heavy atom. The van der Waals surface area contributed by atoms with Crippen molar-refractivity contribution in [1.29, 1.82) is 0 Å². The van der Waals surface area contributed by atoms with Gasteiger partial charge in [0.25, 0.3) is 11.9 Å². The maximum atomic E-state index is 14.8. The van der Waals surface area contributed by atoms with Crippen molar-refractivity contribution < 1.29 is 42.4 Å². The maximum absolute atomic E-state index is 14.8. The number of nitrogens with zero attached hydrogens (tertiary/aromatic N) is 3. The van der Waals surface area contributed by atoms with Crippen LogP contribution in [0.5, 0.6) is 11.9 Å². The molecule has 3 aliphatic heterocycles. The molecule has 2 N–H and O–H groups in total. The molecule has 6 rings (SSSR count). The van der Waals surface area contributed by atoms with Gasteiger partial charge in [-0.2, -0.15) is 9.97 Å². The number of ether oxygens (including phenoxy) is 5. The van der Waals surface area contributed by atoms with Crippen LogP contribution in [0.3, 0.4) is 0 Å². The summed E-state index contributed by atoms with van der Waals surface area (Å²) in [5, 5.41) is 9.97. The van der Waals surface area contributed by atoms with Crippen molar-refractivity contribution in [3.63, 3.8) is 0 Å². The highest BCUT2D eigenvalue weighted by Crippen LogP contribution is 2.32. The maximum Gasteiger partial charge on any atom is 0.296 e. The van der Waals surface area contributed by atoms with Crippen molar-refractivity contribution in [1.82, 2.24) is 19.9 Å². The molecule has 5 atom stereocenters. The smallest absolute Gasteiger partial charge is 0.296 e. The fourth-order valence-corrected chi connectivity index (χ4v) is 5.22. The SMILES string of the molecule is COC1CCN(C(=O)c2cc(F)c(COc3nc4nc(O[C@@H]5COC6[C@H](O)CO[C@@H]65)[nH]c4cc3Cl)c(F)c2)C1. The molecule has 3 saturated heterocycles. The average Bonchev–Trinajstić information content (AvgIpc) is 3.69. The molecule has 11 nitrogen and oxygen atoms in total. The molecule has 1 aromatic carbocycles. The van der Waals surface area contributed by atoms with E-state index < -0.39 is 48.6 Å². The summed E-state index contributed by atoms with van der Waals surface area (Å²) in [5.41, 5.74) is 0.182. The van der Waals surface area contributed by atoms with Gasteiger partial charge in [-0.3, -0.25) is 4.79 Å². The lowest BCUT2D eigenvalue weighted by molar-refractivity contribution is 0.00706. The molecule has 0 bridgehead atoms. The van der Waals surface area contributed by atoms with E-state index in [0.717, 1.165) is 12.1 Å². The van der Waals surface area contributed by atoms with Gasteiger partial charge >= 0.3 is 0 Å². The summed E-state index contributed by atoms with van der Waals surface area (Å²) in [5.74, 6) is -2.41. The van der Waals surface area contributed by atoms with Gasteiger partial charge in [0.1, 0.15) is 41.6 Å². The van der Waals surface area contributed by atoms with Gasteiger partial charge < -0.3 is 38.7 Å². The number of aromatic amines is 1. The number of amides is 1. The molecule has 1 amide bonds. The number of imidazole rings is 1. The highest BCUT2D eigenvalue weighted by Gasteiger charge is 2.48. The average molecular weight is 567 g/mol. The number of halogens is 3. The largest absolute Gasteiger partial charge is 0.471 e. The van der Waals surface area contributed by atoms with E-state index >= 15 is 0 Å². The first-order chi connectivity index (χ1) is 18.8. The third kappa shape index (κ3) is 5.00. The van der Waals surface area contributed by atoms with Gasteiger partial charge in [0, 0.05) is 25.8 Å². The van der Waals surface area contributed by atoms with Crippen molar-refractivity contribution in [3.05, 3.63) is 46.0 Å². The number of methoxy groups -OCH3 is 1.